The molecule has 2 aromatic carbocycles. The van der Waals surface area contributed by atoms with E-state index in [1.165, 1.54) is 5.56 Å². The lowest BCUT2D eigenvalue weighted by atomic mass is 9.97. The quantitative estimate of drug-likeness (QED) is 0.519. The highest BCUT2D eigenvalue weighted by Gasteiger charge is 2.14. The molecule has 3 heterocycles. The molecule has 6 heteroatoms. The third kappa shape index (κ3) is 3.15. The molecule has 0 spiro atoms. The number of hydrogen-bond acceptors (Lipinski definition) is 4. The molecule has 0 fully saturated rings. The molecule has 0 amide bonds. The van der Waals surface area contributed by atoms with E-state index in [0.717, 1.165) is 45.6 Å². The van der Waals surface area contributed by atoms with Gasteiger partial charge in [-0.05, 0) is 17.7 Å². The highest BCUT2D eigenvalue weighted by Crippen LogP contribution is 2.34. The Morgan fingerprint density at radius 1 is 0.828 bits per heavy atom. The number of aromatic nitrogens is 5. The topological polar surface area (TPSA) is 84.1 Å². The minimum absolute atomic E-state index is 0.760. The normalized spacial score (nSPS) is 11.1. The van der Waals surface area contributed by atoms with E-state index in [9.17, 15) is 0 Å². The monoisotopic (exact) mass is 379 g/mol. The first-order chi connectivity index (χ1) is 14.3. The van der Waals surface area contributed by atoms with Gasteiger partial charge in [0.2, 0.25) is 0 Å². The van der Waals surface area contributed by atoms with Crippen LogP contribution in [0.15, 0.2) is 85.6 Å². The van der Waals surface area contributed by atoms with Crippen LogP contribution in [0.25, 0.3) is 39.1 Å². The number of hydrogen-bond donors (Lipinski definition) is 1. The van der Waals surface area contributed by atoms with Crippen LogP contribution >= 0.6 is 0 Å². The number of rotatable bonds is 4. The van der Waals surface area contributed by atoms with E-state index in [1.54, 1.807) is 18.9 Å². The van der Waals surface area contributed by atoms with Gasteiger partial charge in [0, 0.05) is 28.3 Å². The molecule has 0 aliphatic heterocycles. The van der Waals surface area contributed by atoms with Gasteiger partial charge in [-0.3, -0.25) is 4.57 Å². The smallest absolute Gasteiger partial charge is 0.148 e. The molecule has 0 aliphatic rings. The Morgan fingerprint density at radius 2 is 1.59 bits per heavy atom. The van der Waals surface area contributed by atoms with Crippen LogP contribution in [0.5, 0.6) is 0 Å². The Bertz CT molecular complexity index is 1260. The van der Waals surface area contributed by atoms with Crippen molar-refractivity contribution in [1.29, 1.82) is 0 Å². The van der Waals surface area contributed by atoms with Crippen molar-refractivity contribution in [2.75, 3.05) is 0 Å². The molecule has 0 saturated heterocycles. The third-order valence-electron chi connectivity index (χ3n) is 4.99. The standard InChI is InChI=1S/C23H18N6/c24-13-16-6-8-18(9-7-16)22-19(17-4-2-1-3-5-17)12-20-21(28-22)10-11-25-23(20)29-14-26-27-15-29/h1-12,14-15H,13,24H2/p+1. The number of nitrogens with zero attached hydrogens (tertiary/aromatic N) is 5. The SMILES string of the molecule is [NH3+]Cc1ccc(-c2nc3ccnc(-n4cnnc4)c3cc2-c2ccccc2)cc1. The van der Waals surface area contributed by atoms with Crippen LogP contribution < -0.4 is 5.73 Å². The molecule has 29 heavy (non-hydrogen) atoms. The summed E-state index contributed by atoms with van der Waals surface area (Å²) in [6.07, 6.45) is 5.06. The molecular weight excluding hydrogens is 360 g/mol. The maximum absolute atomic E-state index is 5.04. The summed E-state index contributed by atoms with van der Waals surface area (Å²) in [5, 5.41) is 8.78. The van der Waals surface area contributed by atoms with Crippen molar-refractivity contribution in [2.24, 2.45) is 0 Å². The molecule has 0 atom stereocenters. The van der Waals surface area contributed by atoms with Crippen molar-refractivity contribution < 1.29 is 5.73 Å². The van der Waals surface area contributed by atoms with Gasteiger partial charge in [-0.1, -0.05) is 54.6 Å². The van der Waals surface area contributed by atoms with Gasteiger partial charge < -0.3 is 5.73 Å². The van der Waals surface area contributed by atoms with E-state index in [0.29, 0.717) is 0 Å². The van der Waals surface area contributed by atoms with Crippen LogP contribution in [0.3, 0.4) is 0 Å². The van der Waals surface area contributed by atoms with Crippen LogP contribution in [0, 0.1) is 0 Å². The van der Waals surface area contributed by atoms with Crippen LogP contribution in [-0.2, 0) is 6.54 Å². The molecule has 0 saturated carbocycles. The summed E-state index contributed by atoms with van der Waals surface area (Å²) < 4.78 is 1.81. The Balaban J connectivity index is 1.79. The molecule has 5 rings (SSSR count). The van der Waals surface area contributed by atoms with E-state index in [1.807, 2.05) is 28.8 Å². The first-order valence-corrected chi connectivity index (χ1v) is 9.42. The molecule has 5 aromatic rings. The summed E-state index contributed by atoms with van der Waals surface area (Å²) in [4.78, 5) is 9.58. The first kappa shape index (κ1) is 17.2. The van der Waals surface area contributed by atoms with Crippen LogP contribution in [0.4, 0.5) is 0 Å². The fourth-order valence-electron chi connectivity index (χ4n) is 3.48. The Kier molecular flexibility index (Phi) is 4.31. The summed E-state index contributed by atoms with van der Waals surface area (Å²) in [7, 11) is 0. The van der Waals surface area contributed by atoms with E-state index in [4.69, 9.17) is 4.98 Å². The van der Waals surface area contributed by atoms with Crippen molar-refractivity contribution in [2.45, 2.75) is 6.54 Å². The lowest BCUT2D eigenvalue weighted by Crippen LogP contribution is -2.47. The Hall–Kier alpha value is -3.90. The average molecular weight is 379 g/mol. The van der Waals surface area contributed by atoms with Crippen molar-refractivity contribution >= 4 is 10.9 Å². The highest BCUT2D eigenvalue weighted by atomic mass is 15.2. The Morgan fingerprint density at radius 3 is 2.31 bits per heavy atom. The van der Waals surface area contributed by atoms with E-state index in [2.05, 4.69) is 63.4 Å². The van der Waals surface area contributed by atoms with Gasteiger partial charge in [0.05, 0.1) is 17.8 Å². The molecular formula is C23H19N6+. The minimum Gasteiger partial charge on any atom is -0.354 e. The summed E-state index contributed by atoms with van der Waals surface area (Å²) in [5.41, 5.74) is 10.2. The maximum Gasteiger partial charge on any atom is 0.148 e. The molecule has 6 nitrogen and oxygen atoms in total. The van der Waals surface area contributed by atoms with E-state index >= 15 is 0 Å². The van der Waals surface area contributed by atoms with Crippen LogP contribution in [0.1, 0.15) is 5.56 Å². The summed E-state index contributed by atoms with van der Waals surface area (Å²) >= 11 is 0. The molecule has 3 aromatic heterocycles. The van der Waals surface area contributed by atoms with Crippen molar-refractivity contribution in [3.05, 3.63) is 91.1 Å². The fraction of sp³-hybridized carbons (Fsp3) is 0.0435. The molecule has 0 aliphatic carbocycles. The number of pyridine rings is 2. The molecule has 0 unspecified atom stereocenters. The zero-order valence-corrected chi connectivity index (χ0v) is 15.7. The molecule has 0 radical (unpaired) electrons. The van der Waals surface area contributed by atoms with Gasteiger partial charge in [-0.15, -0.1) is 10.2 Å². The third-order valence-corrected chi connectivity index (χ3v) is 4.99. The van der Waals surface area contributed by atoms with Gasteiger partial charge in [0.15, 0.2) is 0 Å². The molecule has 0 bridgehead atoms. The largest absolute Gasteiger partial charge is 0.354 e. The lowest BCUT2D eigenvalue weighted by molar-refractivity contribution is -0.386. The van der Waals surface area contributed by atoms with Gasteiger partial charge >= 0.3 is 0 Å². The zero-order chi connectivity index (χ0) is 19.6. The van der Waals surface area contributed by atoms with Crippen molar-refractivity contribution in [3.63, 3.8) is 0 Å². The predicted octanol–water partition coefficient (Wildman–Crippen LogP) is 3.29. The zero-order valence-electron chi connectivity index (χ0n) is 15.7. The Labute approximate surface area is 167 Å². The first-order valence-electron chi connectivity index (χ1n) is 9.42. The van der Waals surface area contributed by atoms with Gasteiger partial charge in [0.25, 0.3) is 0 Å². The van der Waals surface area contributed by atoms with Crippen LogP contribution in [-0.4, -0.2) is 24.7 Å². The number of fused-ring (bicyclic) bond motifs is 1. The van der Waals surface area contributed by atoms with Crippen molar-refractivity contribution in [1.82, 2.24) is 24.7 Å². The second kappa shape index (κ2) is 7.26. The summed E-state index contributed by atoms with van der Waals surface area (Å²) in [6.45, 7) is 0.769. The highest BCUT2D eigenvalue weighted by molar-refractivity contribution is 5.94. The summed E-state index contributed by atoms with van der Waals surface area (Å²) in [5.74, 6) is 0.760. The van der Waals surface area contributed by atoms with Gasteiger partial charge in [0.1, 0.15) is 18.5 Å². The second-order valence-electron chi connectivity index (χ2n) is 6.77. The van der Waals surface area contributed by atoms with Gasteiger partial charge in [-0.25, -0.2) is 9.97 Å². The molecule has 3 N–H and O–H groups in total. The van der Waals surface area contributed by atoms with Gasteiger partial charge in [-0.2, -0.15) is 0 Å². The van der Waals surface area contributed by atoms with E-state index in [-0.39, 0.29) is 0 Å². The molecule has 140 valence electrons. The average Bonchev–Trinajstić information content (AvgIpc) is 3.33. The van der Waals surface area contributed by atoms with Crippen LogP contribution in [0.2, 0.25) is 0 Å². The lowest BCUT2D eigenvalue weighted by Gasteiger charge is -2.13. The second-order valence-corrected chi connectivity index (χ2v) is 6.77. The predicted molar refractivity (Wildman–Crippen MR) is 112 cm³/mol. The minimum atomic E-state index is 0.760. The summed E-state index contributed by atoms with van der Waals surface area (Å²) in [6, 6.07) is 22.8. The fourth-order valence-corrected chi connectivity index (χ4v) is 3.48. The maximum atomic E-state index is 5.04. The van der Waals surface area contributed by atoms with E-state index < -0.39 is 0 Å². The number of benzene rings is 2. The number of quaternary nitrogens is 1. The van der Waals surface area contributed by atoms with Crippen molar-refractivity contribution in [3.8, 4) is 28.2 Å².